The normalized spacial score (nSPS) is 10.9. The van der Waals surface area contributed by atoms with E-state index >= 15 is 0 Å². The molecule has 1 aromatic rings. The molecule has 0 atom stereocenters. The van der Waals surface area contributed by atoms with Crippen LogP contribution in [0.25, 0.3) is 0 Å². The number of rotatable bonds is 2. The fraction of sp³-hybridized carbons (Fsp3) is 0.333. The molecule has 21 heavy (non-hydrogen) atoms. The molecule has 0 radical (unpaired) electrons. The number of nitro benzene ring substituents is 1. The number of imide groups is 1. The molecule has 1 rings (SSSR count). The topological polar surface area (TPSA) is 110 Å². The molecule has 114 valence electrons. The Morgan fingerprint density at radius 3 is 2.38 bits per heavy atom. The third-order valence-electron chi connectivity index (χ3n) is 2.15. The van der Waals surface area contributed by atoms with Crippen LogP contribution in [0.15, 0.2) is 18.2 Å². The summed E-state index contributed by atoms with van der Waals surface area (Å²) in [5, 5.41) is 19.9. The van der Waals surface area contributed by atoms with Crippen molar-refractivity contribution in [1.29, 1.82) is 0 Å². The van der Waals surface area contributed by atoms with Crippen LogP contribution in [0, 0.1) is 10.1 Å². The second-order valence-electron chi connectivity index (χ2n) is 4.96. The van der Waals surface area contributed by atoms with Crippen LogP contribution in [-0.2, 0) is 4.74 Å². The Morgan fingerprint density at radius 2 is 1.95 bits per heavy atom. The highest BCUT2D eigenvalue weighted by Crippen LogP contribution is 2.36. The van der Waals surface area contributed by atoms with Crippen LogP contribution in [0.1, 0.15) is 20.8 Å². The van der Waals surface area contributed by atoms with Crippen LogP contribution in [0.2, 0.25) is 5.02 Å². The van der Waals surface area contributed by atoms with E-state index in [1.165, 1.54) is 32.9 Å². The van der Waals surface area contributed by atoms with Gasteiger partial charge in [0.1, 0.15) is 5.60 Å². The standard InChI is InChI=1S/C12H13ClN2O6/c1-12(2,3)21-11(18)14(10(16)17)9-7(13)5-4-6-8(9)15(19)20/h4-6H,1-3H3,(H,16,17). The van der Waals surface area contributed by atoms with E-state index in [-0.39, 0.29) is 9.92 Å². The van der Waals surface area contributed by atoms with Gasteiger partial charge in [-0.3, -0.25) is 10.1 Å². The van der Waals surface area contributed by atoms with E-state index in [1.54, 1.807) is 0 Å². The van der Waals surface area contributed by atoms with Gasteiger partial charge in [-0.05, 0) is 26.8 Å². The van der Waals surface area contributed by atoms with Crippen molar-refractivity contribution in [3.8, 4) is 0 Å². The highest BCUT2D eigenvalue weighted by Gasteiger charge is 2.35. The molecule has 0 saturated carbocycles. The Kier molecular flexibility index (Phi) is 4.74. The molecule has 0 bridgehead atoms. The number of hydrogen-bond donors (Lipinski definition) is 1. The Balaban J connectivity index is 3.40. The van der Waals surface area contributed by atoms with Gasteiger partial charge < -0.3 is 9.84 Å². The number of anilines is 1. The quantitative estimate of drug-likeness (QED) is 0.658. The third kappa shape index (κ3) is 4.06. The Hall–Kier alpha value is -2.35. The first-order chi connectivity index (χ1) is 9.54. The van der Waals surface area contributed by atoms with Crippen LogP contribution in [0.4, 0.5) is 21.0 Å². The summed E-state index contributed by atoms with van der Waals surface area (Å²) < 4.78 is 4.93. The van der Waals surface area contributed by atoms with Gasteiger partial charge in [0.05, 0.1) is 9.95 Å². The predicted molar refractivity (Wildman–Crippen MR) is 74.8 cm³/mol. The second-order valence-corrected chi connectivity index (χ2v) is 5.37. The molecule has 0 aliphatic heterocycles. The average molecular weight is 317 g/mol. The largest absolute Gasteiger partial charge is 0.464 e. The molecule has 1 aromatic carbocycles. The maximum absolute atomic E-state index is 12.0. The zero-order valence-electron chi connectivity index (χ0n) is 11.5. The summed E-state index contributed by atoms with van der Waals surface area (Å²) in [6.07, 6.45) is -3.01. The molecule has 0 fully saturated rings. The molecule has 1 N–H and O–H groups in total. The fourth-order valence-corrected chi connectivity index (χ4v) is 1.70. The first-order valence-corrected chi connectivity index (χ1v) is 6.11. The van der Waals surface area contributed by atoms with E-state index in [1.807, 2.05) is 0 Å². The van der Waals surface area contributed by atoms with Crippen molar-refractivity contribution in [3.63, 3.8) is 0 Å². The number of ether oxygens (including phenoxy) is 1. The average Bonchev–Trinajstić information content (AvgIpc) is 2.28. The Labute approximate surface area is 125 Å². The molecule has 8 nitrogen and oxygen atoms in total. The van der Waals surface area contributed by atoms with E-state index in [9.17, 15) is 19.7 Å². The zero-order valence-corrected chi connectivity index (χ0v) is 12.2. The number of carbonyl (C=O) groups excluding carboxylic acids is 1. The van der Waals surface area contributed by atoms with Gasteiger partial charge in [-0.1, -0.05) is 17.7 Å². The van der Waals surface area contributed by atoms with Gasteiger partial charge in [0, 0.05) is 6.07 Å². The molecule has 0 unspecified atom stereocenters. The van der Waals surface area contributed by atoms with Gasteiger partial charge in [0.25, 0.3) is 5.69 Å². The van der Waals surface area contributed by atoms with E-state index < -0.39 is 34.1 Å². The van der Waals surface area contributed by atoms with Crippen LogP contribution >= 0.6 is 11.6 Å². The number of carboxylic acid groups (broad SMARTS) is 1. The van der Waals surface area contributed by atoms with Crippen molar-refractivity contribution in [3.05, 3.63) is 33.3 Å². The summed E-state index contributed by atoms with van der Waals surface area (Å²) in [6, 6.07) is 3.56. The number of amides is 2. The van der Waals surface area contributed by atoms with Crippen molar-refractivity contribution < 1.29 is 24.4 Å². The van der Waals surface area contributed by atoms with Crippen molar-refractivity contribution in [2.75, 3.05) is 4.90 Å². The number of nitro groups is 1. The molecule has 0 saturated heterocycles. The number of halogens is 1. The van der Waals surface area contributed by atoms with Gasteiger partial charge >= 0.3 is 12.2 Å². The van der Waals surface area contributed by atoms with E-state index in [0.29, 0.717) is 0 Å². The molecular formula is C12H13ClN2O6. The van der Waals surface area contributed by atoms with Crippen molar-refractivity contribution >= 4 is 35.2 Å². The van der Waals surface area contributed by atoms with Crippen LogP contribution in [-0.4, -0.2) is 27.8 Å². The van der Waals surface area contributed by atoms with Gasteiger partial charge in [-0.2, -0.15) is 4.90 Å². The number of hydrogen-bond acceptors (Lipinski definition) is 5. The lowest BCUT2D eigenvalue weighted by molar-refractivity contribution is -0.384. The second kappa shape index (κ2) is 5.96. The molecule has 2 amide bonds. The smallest absolute Gasteiger partial charge is 0.424 e. The SMILES string of the molecule is CC(C)(C)OC(=O)N(C(=O)O)c1c(Cl)cccc1[N+](=O)[O-]. The maximum Gasteiger partial charge on any atom is 0.424 e. The molecule has 0 heterocycles. The summed E-state index contributed by atoms with van der Waals surface area (Å²) in [5.41, 5.74) is -2.14. The van der Waals surface area contributed by atoms with Gasteiger partial charge in [-0.25, -0.2) is 9.59 Å². The number of para-hydroxylation sites is 1. The molecule has 0 spiro atoms. The molecule has 0 aliphatic carbocycles. The minimum Gasteiger partial charge on any atom is -0.464 e. The maximum atomic E-state index is 12.0. The van der Waals surface area contributed by atoms with Gasteiger partial charge in [0.15, 0.2) is 5.69 Å². The monoisotopic (exact) mass is 316 g/mol. The molecule has 0 aromatic heterocycles. The molecular weight excluding hydrogens is 304 g/mol. The number of benzene rings is 1. The molecule has 0 aliphatic rings. The fourth-order valence-electron chi connectivity index (χ4n) is 1.45. The lowest BCUT2D eigenvalue weighted by Crippen LogP contribution is -2.40. The zero-order chi connectivity index (χ0) is 16.4. The minimum atomic E-state index is -1.74. The Morgan fingerprint density at radius 1 is 1.38 bits per heavy atom. The van der Waals surface area contributed by atoms with E-state index in [0.717, 1.165) is 6.07 Å². The highest BCUT2D eigenvalue weighted by atomic mass is 35.5. The summed E-state index contributed by atoms with van der Waals surface area (Å²) in [5.74, 6) is 0. The first-order valence-electron chi connectivity index (χ1n) is 5.73. The van der Waals surface area contributed by atoms with Crippen molar-refractivity contribution in [1.82, 2.24) is 0 Å². The molecule has 9 heteroatoms. The van der Waals surface area contributed by atoms with Crippen LogP contribution < -0.4 is 4.90 Å². The highest BCUT2D eigenvalue weighted by molar-refractivity contribution is 6.35. The Bertz CT molecular complexity index is 596. The third-order valence-corrected chi connectivity index (χ3v) is 2.46. The summed E-state index contributed by atoms with van der Waals surface area (Å²) in [7, 11) is 0. The minimum absolute atomic E-state index is 0.117. The lowest BCUT2D eigenvalue weighted by atomic mass is 10.2. The number of carbonyl (C=O) groups is 2. The van der Waals surface area contributed by atoms with E-state index in [2.05, 4.69) is 0 Å². The van der Waals surface area contributed by atoms with Crippen LogP contribution in [0.3, 0.4) is 0 Å². The van der Waals surface area contributed by atoms with Crippen molar-refractivity contribution in [2.24, 2.45) is 0 Å². The summed E-state index contributed by atoms with van der Waals surface area (Å²) >= 11 is 5.81. The number of nitrogens with zero attached hydrogens (tertiary/aromatic N) is 2. The van der Waals surface area contributed by atoms with E-state index in [4.69, 9.17) is 21.4 Å². The van der Waals surface area contributed by atoms with Gasteiger partial charge in [0.2, 0.25) is 0 Å². The first kappa shape index (κ1) is 16.7. The van der Waals surface area contributed by atoms with Crippen molar-refractivity contribution in [2.45, 2.75) is 26.4 Å². The van der Waals surface area contributed by atoms with Crippen LogP contribution in [0.5, 0.6) is 0 Å². The summed E-state index contributed by atoms with van der Waals surface area (Å²) in [4.78, 5) is 33.5. The lowest BCUT2D eigenvalue weighted by Gasteiger charge is -2.24. The predicted octanol–water partition coefficient (Wildman–Crippen LogP) is 3.67. The van der Waals surface area contributed by atoms with Gasteiger partial charge in [-0.15, -0.1) is 0 Å². The summed E-state index contributed by atoms with van der Waals surface area (Å²) in [6.45, 7) is 4.60.